The van der Waals surface area contributed by atoms with Gasteiger partial charge in [-0.3, -0.25) is 4.79 Å². The number of carbonyl (C=O) groups excluding carboxylic acids is 1. The molecule has 0 bridgehead atoms. The van der Waals surface area contributed by atoms with Crippen LogP contribution in [0.15, 0.2) is 36.5 Å². The van der Waals surface area contributed by atoms with Gasteiger partial charge in [-0.1, -0.05) is 6.07 Å². The van der Waals surface area contributed by atoms with Gasteiger partial charge in [0.05, 0.1) is 0 Å². The van der Waals surface area contributed by atoms with E-state index in [2.05, 4.69) is 16.9 Å². The molecule has 0 saturated carbocycles. The van der Waals surface area contributed by atoms with Gasteiger partial charge in [0.25, 0.3) is 5.91 Å². The molecule has 5 heteroatoms. The number of piperidine rings is 1. The van der Waals surface area contributed by atoms with Crippen LogP contribution in [0.2, 0.25) is 0 Å². The molecule has 120 valence electrons. The molecule has 1 amide bonds. The van der Waals surface area contributed by atoms with E-state index in [-0.39, 0.29) is 5.91 Å². The second kappa shape index (κ2) is 6.77. The van der Waals surface area contributed by atoms with Gasteiger partial charge in [0, 0.05) is 30.0 Å². The Kier molecular flexibility index (Phi) is 4.55. The molecule has 23 heavy (non-hydrogen) atoms. The highest BCUT2D eigenvalue weighted by atomic mass is 16.5. The zero-order valence-corrected chi connectivity index (χ0v) is 13.5. The van der Waals surface area contributed by atoms with E-state index in [1.807, 2.05) is 36.1 Å². The van der Waals surface area contributed by atoms with E-state index in [1.165, 1.54) is 6.42 Å². The second-order valence-corrected chi connectivity index (χ2v) is 5.95. The Morgan fingerprint density at radius 2 is 2.17 bits per heavy atom. The third kappa shape index (κ3) is 3.67. The number of nitrogens with zero attached hydrogens (tertiary/aromatic N) is 3. The van der Waals surface area contributed by atoms with Gasteiger partial charge >= 0.3 is 6.01 Å². The lowest BCUT2D eigenvalue weighted by Crippen LogP contribution is -2.42. The molecule has 5 nitrogen and oxygen atoms in total. The summed E-state index contributed by atoms with van der Waals surface area (Å²) in [4.78, 5) is 23.0. The first-order valence-electron chi connectivity index (χ1n) is 8.02. The molecule has 1 aromatic carbocycles. The first-order chi connectivity index (χ1) is 11.1. The number of aryl methyl sites for hydroxylation is 1. The van der Waals surface area contributed by atoms with Crippen LogP contribution >= 0.6 is 0 Å². The lowest BCUT2D eigenvalue weighted by Gasteiger charge is -2.33. The molecule has 0 spiro atoms. The summed E-state index contributed by atoms with van der Waals surface area (Å²) in [6.45, 7) is 4.82. The molecule has 2 heterocycles. The molecule has 1 aliphatic heterocycles. The van der Waals surface area contributed by atoms with E-state index >= 15 is 0 Å². The summed E-state index contributed by atoms with van der Waals surface area (Å²) in [6, 6.07) is 9.62. The van der Waals surface area contributed by atoms with Crippen molar-refractivity contribution >= 4 is 5.91 Å². The number of hydrogen-bond acceptors (Lipinski definition) is 4. The third-order valence-electron chi connectivity index (χ3n) is 4.13. The molecule has 1 aromatic heterocycles. The van der Waals surface area contributed by atoms with E-state index in [9.17, 15) is 4.79 Å². The van der Waals surface area contributed by atoms with Crippen LogP contribution in [-0.2, 0) is 0 Å². The number of ether oxygens (including phenoxy) is 1. The number of carbonyl (C=O) groups is 1. The maximum atomic E-state index is 12.7. The molecule has 2 aromatic rings. The Bertz CT molecular complexity index is 702. The van der Waals surface area contributed by atoms with Gasteiger partial charge in [0.15, 0.2) is 0 Å². The molecular formula is C18H21N3O2. The molecular weight excluding hydrogens is 290 g/mol. The lowest BCUT2D eigenvalue weighted by molar-refractivity contribution is 0.0635. The summed E-state index contributed by atoms with van der Waals surface area (Å²) < 4.78 is 5.67. The fourth-order valence-electron chi connectivity index (χ4n) is 2.84. The monoisotopic (exact) mass is 311 g/mol. The number of likely N-dealkylation sites (tertiary alicyclic amines) is 1. The number of benzene rings is 1. The second-order valence-electron chi connectivity index (χ2n) is 5.95. The van der Waals surface area contributed by atoms with Crippen LogP contribution in [0.1, 0.15) is 42.2 Å². The predicted molar refractivity (Wildman–Crippen MR) is 87.6 cm³/mol. The molecule has 1 saturated heterocycles. The van der Waals surface area contributed by atoms with Gasteiger partial charge in [-0.05, 0) is 57.4 Å². The summed E-state index contributed by atoms with van der Waals surface area (Å²) in [5.41, 5.74) is 1.48. The molecule has 0 radical (unpaired) electrons. The smallest absolute Gasteiger partial charge is 0.322 e. The quantitative estimate of drug-likeness (QED) is 0.869. The molecule has 1 fully saturated rings. The minimum Gasteiger partial charge on any atom is -0.424 e. The topological polar surface area (TPSA) is 55.3 Å². The van der Waals surface area contributed by atoms with Crippen molar-refractivity contribution in [2.24, 2.45) is 0 Å². The highest BCUT2D eigenvalue weighted by Crippen LogP contribution is 2.23. The first-order valence-corrected chi connectivity index (χ1v) is 8.02. The average Bonchev–Trinajstić information content (AvgIpc) is 2.55. The van der Waals surface area contributed by atoms with E-state index in [0.29, 0.717) is 23.4 Å². The van der Waals surface area contributed by atoms with Crippen molar-refractivity contribution in [2.75, 3.05) is 6.54 Å². The summed E-state index contributed by atoms with van der Waals surface area (Å²) in [5, 5.41) is 0. The molecule has 3 rings (SSSR count). The Morgan fingerprint density at radius 1 is 1.30 bits per heavy atom. The van der Waals surface area contributed by atoms with E-state index in [4.69, 9.17) is 4.74 Å². The zero-order valence-electron chi connectivity index (χ0n) is 13.5. The number of hydrogen-bond donors (Lipinski definition) is 0. The Labute approximate surface area is 136 Å². The van der Waals surface area contributed by atoms with Gasteiger partial charge in [-0.15, -0.1) is 0 Å². The van der Waals surface area contributed by atoms with Crippen molar-refractivity contribution in [2.45, 2.75) is 39.2 Å². The summed E-state index contributed by atoms with van der Waals surface area (Å²) in [5.74, 6) is 0.638. The van der Waals surface area contributed by atoms with Crippen LogP contribution in [0, 0.1) is 6.92 Å². The number of amides is 1. The minimum absolute atomic E-state index is 0.0628. The van der Waals surface area contributed by atoms with Crippen molar-refractivity contribution < 1.29 is 9.53 Å². The largest absolute Gasteiger partial charge is 0.424 e. The summed E-state index contributed by atoms with van der Waals surface area (Å²) in [6.07, 6.45) is 4.99. The van der Waals surface area contributed by atoms with Crippen LogP contribution in [0.3, 0.4) is 0 Å². The van der Waals surface area contributed by atoms with Gasteiger partial charge in [-0.2, -0.15) is 0 Å². The van der Waals surface area contributed by atoms with Crippen molar-refractivity contribution in [3.63, 3.8) is 0 Å². The Morgan fingerprint density at radius 3 is 2.96 bits per heavy atom. The van der Waals surface area contributed by atoms with E-state index in [1.54, 1.807) is 12.3 Å². The zero-order chi connectivity index (χ0) is 16.2. The van der Waals surface area contributed by atoms with Gasteiger partial charge in [0.2, 0.25) is 0 Å². The van der Waals surface area contributed by atoms with Crippen LogP contribution in [-0.4, -0.2) is 33.4 Å². The SMILES string of the molecule is Cc1ccnc(Oc2cccc(C(=O)N3CCCCC3C)c2)n1. The fourth-order valence-corrected chi connectivity index (χ4v) is 2.84. The Hall–Kier alpha value is -2.43. The Balaban J connectivity index is 1.78. The normalized spacial score (nSPS) is 17.8. The van der Waals surface area contributed by atoms with Gasteiger partial charge in [-0.25, -0.2) is 9.97 Å². The maximum absolute atomic E-state index is 12.7. The molecule has 0 N–H and O–H groups in total. The third-order valence-corrected chi connectivity index (χ3v) is 4.13. The number of rotatable bonds is 3. The molecule has 1 aliphatic rings. The molecule has 1 unspecified atom stereocenters. The summed E-state index contributed by atoms with van der Waals surface area (Å²) >= 11 is 0. The maximum Gasteiger partial charge on any atom is 0.322 e. The van der Waals surface area contributed by atoms with Gasteiger partial charge < -0.3 is 9.64 Å². The van der Waals surface area contributed by atoms with Gasteiger partial charge in [0.1, 0.15) is 5.75 Å². The standard InChI is InChI=1S/C18H21N3O2/c1-13-9-10-19-18(20-13)23-16-8-5-7-15(12-16)17(22)21-11-4-3-6-14(21)2/h5,7-10,12,14H,3-4,6,11H2,1-2H3. The van der Waals surface area contributed by atoms with Crippen LogP contribution in [0.4, 0.5) is 0 Å². The van der Waals surface area contributed by atoms with Crippen molar-refractivity contribution in [1.29, 1.82) is 0 Å². The van der Waals surface area contributed by atoms with Crippen LogP contribution in [0.25, 0.3) is 0 Å². The summed E-state index contributed by atoms with van der Waals surface area (Å²) in [7, 11) is 0. The molecule has 0 aliphatic carbocycles. The predicted octanol–water partition coefficient (Wildman–Crippen LogP) is 3.59. The number of aromatic nitrogens is 2. The highest BCUT2D eigenvalue weighted by Gasteiger charge is 2.24. The first kappa shape index (κ1) is 15.5. The van der Waals surface area contributed by atoms with Crippen LogP contribution in [0.5, 0.6) is 11.8 Å². The lowest BCUT2D eigenvalue weighted by atomic mass is 10.0. The highest BCUT2D eigenvalue weighted by molar-refractivity contribution is 5.94. The van der Waals surface area contributed by atoms with Crippen molar-refractivity contribution in [3.8, 4) is 11.8 Å². The van der Waals surface area contributed by atoms with Crippen molar-refractivity contribution in [1.82, 2.24) is 14.9 Å². The van der Waals surface area contributed by atoms with Crippen LogP contribution < -0.4 is 4.74 Å². The van der Waals surface area contributed by atoms with E-state index in [0.717, 1.165) is 25.1 Å². The van der Waals surface area contributed by atoms with Crippen molar-refractivity contribution in [3.05, 3.63) is 47.8 Å². The average molecular weight is 311 g/mol. The molecule has 1 atom stereocenters. The van der Waals surface area contributed by atoms with E-state index < -0.39 is 0 Å². The fraction of sp³-hybridized carbons (Fsp3) is 0.389. The minimum atomic E-state index is 0.0628.